The summed E-state index contributed by atoms with van der Waals surface area (Å²) in [6.07, 6.45) is 5.65. The van der Waals surface area contributed by atoms with Gasteiger partial charge in [-0.25, -0.2) is 8.78 Å². The molecule has 0 N–H and O–H groups in total. The van der Waals surface area contributed by atoms with Crippen molar-refractivity contribution < 1.29 is 8.78 Å². The van der Waals surface area contributed by atoms with Gasteiger partial charge in [-0.15, -0.1) is 0 Å². The van der Waals surface area contributed by atoms with E-state index in [1.807, 2.05) is 42.3 Å². The van der Waals surface area contributed by atoms with Gasteiger partial charge in [0.25, 0.3) is 6.43 Å². The first kappa shape index (κ1) is 23.7. The molecule has 2 fully saturated rings. The summed E-state index contributed by atoms with van der Waals surface area (Å²) in [6.45, 7) is 2.96. The molecule has 0 atom stereocenters. The predicted octanol–water partition coefficient (Wildman–Crippen LogP) is 6.22. The Morgan fingerprint density at radius 3 is 2.53 bits per heavy atom. The maximum absolute atomic E-state index is 12.9. The van der Waals surface area contributed by atoms with Crippen molar-refractivity contribution in [3.05, 3.63) is 58.9 Å². The van der Waals surface area contributed by atoms with Crippen molar-refractivity contribution in [2.24, 2.45) is 10.2 Å². The van der Waals surface area contributed by atoms with Gasteiger partial charge in [-0.1, -0.05) is 24.1 Å². The Balaban J connectivity index is 1.25. The molecule has 0 unspecified atom stereocenters. The molecule has 2 aliphatic heterocycles. The van der Waals surface area contributed by atoms with E-state index in [0.29, 0.717) is 22.5 Å². The topological polar surface area (TPSA) is 44.1 Å². The third-order valence-corrected chi connectivity index (χ3v) is 8.40. The van der Waals surface area contributed by atoms with Crippen LogP contribution in [0.4, 0.5) is 14.5 Å². The van der Waals surface area contributed by atoms with Crippen LogP contribution < -0.4 is 4.31 Å². The smallest absolute Gasteiger partial charge is 0.278 e. The summed E-state index contributed by atoms with van der Waals surface area (Å²) in [5.74, 6) is 0. The van der Waals surface area contributed by atoms with Crippen LogP contribution in [0.15, 0.2) is 52.8 Å². The lowest BCUT2D eigenvalue weighted by molar-refractivity contribution is 0.107. The molecule has 0 spiro atoms. The van der Waals surface area contributed by atoms with Crippen molar-refractivity contribution in [2.45, 2.75) is 62.8 Å². The lowest BCUT2D eigenvalue weighted by Crippen LogP contribution is -2.45. The number of anilines is 1. The fourth-order valence-corrected chi connectivity index (χ4v) is 5.99. The Morgan fingerprint density at radius 2 is 1.91 bits per heavy atom. The van der Waals surface area contributed by atoms with E-state index in [-0.39, 0.29) is 12.1 Å². The number of benzene rings is 1. The van der Waals surface area contributed by atoms with Gasteiger partial charge in [0, 0.05) is 40.2 Å². The molecule has 0 radical (unpaired) electrons. The number of rotatable bonds is 8. The molecule has 5 rings (SSSR count). The van der Waals surface area contributed by atoms with E-state index < -0.39 is 6.43 Å². The minimum absolute atomic E-state index is 0.0722. The van der Waals surface area contributed by atoms with Crippen molar-refractivity contribution in [2.75, 3.05) is 17.4 Å². The molecule has 1 aliphatic carbocycles. The second-order valence-corrected chi connectivity index (χ2v) is 10.9. The number of alkyl halides is 2. The fraction of sp³-hybridized carbons (Fsp3) is 0.480. The number of hydrogen-bond donors (Lipinski definition) is 0. The van der Waals surface area contributed by atoms with Crippen LogP contribution >= 0.6 is 23.5 Å². The Labute approximate surface area is 208 Å². The molecule has 1 saturated carbocycles. The van der Waals surface area contributed by atoms with E-state index in [4.69, 9.17) is 11.6 Å². The summed E-state index contributed by atoms with van der Waals surface area (Å²) >= 11 is 8.18. The summed E-state index contributed by atoms with van der Waals surface area (Å²) in [4.78, 5) is 7.28. The van der Waals surface area contributed by atoms with Crippen molar-refractivity contribution in [1.82, 2.24) is 9.88 Å². The van der Waals surface area contributed by atoms with Crippen LogP contribution in [0.2, 0.25) is 5.02 Å². The summed E-state index contributed by atoms with van der Waals surface area (Å²) in [5, 5.41) is 8.77. The molecular weight excluding hydrogens is 476 g/mol. The Hall–Kier alpha value is -2.03. The van der Waals surface area contributed by atoms with E-state index in [1.165, 1.54) is 45.2 Å². The van der Waals surface area contributed by atoms with Crippen LogP contribution in [0, 0.1) is 0 Å². The van der Waals surface area contributed by atoms with E-state index in [2.05, 4.69) is 30.5 Å². The molecule has 1 aromatic heterocycles. The van der Waals surface area contributed by atoms with Crippen LogP contribution in [0.1, 0.15) is 49.8 Å². The average Bonchev–Trinajstić information content (AvgIpc) is 3.30. The van der Waals surface area contributed by atoms with E-state index in [1.54, 1.807) is 6.20 Å². The van der Waals surface area contributed by atoms with Crippen LogP contribution in [-0.4, -0.2) is 52.1 Å². The van der Waals surface area contributed by atoms with Crippen molar-refractivity contribution in [3.63, 3.8) is 0 Å². The molecule has 2 aromatic rings. The van der Waals surface area contributed by atoms with Crippen molar-refractivity contribution in [3.8, 4) is 0 Å². The Kier molecular flexibility index (Phi) is 7.46. The van der Waals surface area contributed by atoms with Gasteiger partial charge < -0.3 is 9.21 Å². The van der Waals surface area contributed by atoms with Gasteiger partial charge in [-0.3, -0.25) is 4.98 Å². The first-order valence-corrected chi connectivity index (χ1v) is 13.1. The zero-order chi connectivity index (χ0) is 23.5. The van der Waals surface area contributed by atoms with Gasteiger partial charge in [0.15, 0.2) is 0 Å². The highest BCUT2D eigenvalue weighted by Crippen LogP contribution is 2.35. The number of aromatic nitrogens is 1. The average molecular weight is 504 g/mol. The van der Waals surface area contributed by atoms with Gasteiger partial charge in [0.1, 0.15) is 5.71 Å². The SMILES string of the molecule is FC(F)C1=NN=C(c2ccc(CN(SC3CCN(C4CCC4)CC3)c3cccc(Cl)c3)nc2)C1. The maximum Gasteiger partial charge on any atom is 0.278 e. The number of piperidine rings is 1. The van der Waals surface area contributed by atoms with E-state index in [0.717, 1.165) is 23.0 Å². The fourth-order valence-electron chi connectivity index (χ4n) is 4.58. The number of pyridine rings is 1. The van der Waals surface area contributed by atoms with E-state index >= 15 is 0 Å². The maximum atomic E-state index is 12.9. The van der Waals surface area contributed by atoms with Gasteiger partial charge in [0.05, 0.1) is 18.0 Å². The third-order valence-electron chi connectivity index (χ3n) is 6.80. The van der Waals surface area contributed by atoms with Gasteiger partial charge >= 0.3 is 0 Å². The standard InChI is InChI=1S/C25H28ClF2N5S/c26-18-3-1-6-21(13-18)33(34-22-9-11-32(12-10-22)20-4-2-5-20)16-19-8-7-17(15-29-19)23-14-24(25(27)28)31-30-23/h1,3,6-8,13,15,20,22,25H,2,4-5,9-12,14,16H2. The van der Waals surface area contributed by atoms with Crippen LogP contribution in [0.3, 0.4) is 0 Å². The highest BCUT2D eigenvalue weighted by Gasteiger charge is 2.30. The van der Waals surface area contributed by atoms with E-state index in [9.17, 15) is 8.78 Å². The minimum Gasteiger partial charge on any atom is -0.310 e. The molecule has 3 heterocycles. The van der Waals surface area contributed by atoms with Gasteiger partial charge in [-0.2, -0.15) is 10.2 Å². The molecule has 9 heteroatoms. The number of likely N-dealkylation sites (tertiary alicyclic amines) is 1. The summed E-state index contributed by atoms with van der Waals surface area (Å²) < 4.78 is 28.0. The lowest BCUT2D eigenvalue weighted by atomic mass is 9.90. The molecule has 1 saturated heterocycles. The zero-order valence-corrected chi connectivity index (χ0v) is 20.5. The summed E-state index contributed by atoms with van der Waals surface area (Å²) in [5.41, 5.74) is 3.03. The predicted molar refractivity (Wildman–Crippen MR) is 136 cm³/mol. The quantitative estimate of drug-likeness (QED) is 0.401. The highest BCUT2D eigenvalue weighted by molar-refractivity contribution is 8.01. The Morgan fingerprint density at radius 1 is 1.09 bits per heavy atom. The molecule has 0 amide bonds. The van der Waals surface area contributed by atoms with Crippen LogP contribution in [0.5, 0.6) is 0 Å². The number of hydrogen-bond acceptors (Lipinski definition) is 6. The minimum atomic E-state index is -2.57. The molecule has 1 aromatic carbocycles. The monoisotopic (exact) mass is 503 g/mol. The summed E-state index contributed by atoms with van der Waals surface area (Å²) in [6, 6.07) is 12.6. The van der Waals surface area contributed by atoms with Crippen LogP contribution in [0.25, 0.3) is 0 Å². The van der Waals surface area contributed by atoms with Crippen molar-refractivity contribution in [1.29, 1.82) is 0 Å². The second-order valence-electron chi connectivity index (χ2n) is 9.10. The number of halogens is 3. The van der Waals surface area contributed by atoms with Crippen LogP contribution in [-0.2, 0) is 6.54 Å². The Bertz CT molecular complexity index is 1050. The molecule has 0 bridgehead atoms. The van der Waals surface area contributed by atoms with Gasteiger partial charge in [0.2, 0.25) is 0 Å². The van der Waals surface area contributed by atoms with Crippen molar-refractivity contribution >= 4 is 40.7 Å². The molecule has 34 heavy (non-hydrogen) atoms. The molecule has 5 nitrogen and oxygen atoms in total. The lowest BCUT2D eigenvalue weighted by Gasteiger charge is -2.42. The van der Waals surface area contributed by atoms with Gasteiger partial charge in [-0.05, 0) is 81.1 Å². The molecular formula is C25H28ClF2N5S. The normalized spacial score (nSPS) is 19.8. The molecule has 180 valence electrons. The first-order valence-electron chi connectivity index (χ1n) is 11.9. The molecule has 3 aliphatic rings. The number of nitrogens with zero attached hydrogens (tertiary/aromatic N) is 5. The summed E-state index contributed by atoms with van der Waals surface area (Å²) in [7, 11) is 0. The first-order chi connectivity index (χ1) is 16.5. The highest BCUT2D eigenvalue weighted by atomic mass is 35.5. The second kappa shape index (κ2) is 10.7. The zero-order valence-electron chi connectivity index (χ0n) is 18.9. The third kappa shape index (κ3) is 5.61. The largest absolute Gasteiger partial charge is 0.310 e.